The molecule has 0 aliphatic heterocycles. The average Bonchev–Trinajstić information content (AvgIpc) is 2.37. The van der Waals surface area contributed by atoms with Gasteiger partial charge in [0, 0.05) is 6.54 Å². The molecule has 1 atom stereocenters. The molecular formula is C13H21NO3S. The monoisotopic (exact) mass is 271 g/mol. The van der Waals surface area contributed by atoms with Gasteiger partial charge < -0.3 is 10.4 Å². The van der Waals surface area contributed by atoms with Crippen LogP contribution in [0.3, 0.4) is 0 Å². The van der Waals surface area contributed by atoms with Crippen LogP contribution in [0.5, 0.6) is 0 Å². The molecule has 4 nitrogen and oxygen atoms in total. The molecule has 0 aromatic heterocycles. The second-order valence-corrected chi connectivity index (χ2v) is 6.85. The smallest absolute Gasteiger partial charge is 0.180 e. The number of rotatable bonds is 6. The Morgan fingerprint density at radius 3 is 2.44 bits per heavy atom. The number of sulfone groups is 1. The molecule has 0 heterocycles. The zero-order valence-electron chi connectivity index (χ0n) is 11.1. The van der Waals surface area contributed by atoms with Gasteiger partial charge in [-0.25, -0.2) is 8.42 Å². The topological polar surface area (TPSA) is 66.4 Å². The Morgan fingerprint density at radius 1 is 1.28 bits per heavy atom. The van der Waals surface area contributed by atoms with Crippen LogP contribution in [-0.4, -0.2) is 31.4 Å². The number of benzene rings is 1. The summed E-state index contributed by atoms with van der Waals surface area (Å²) in [6.07, 6.45) is 0.600. The molecule has 0 saturated heterocycles. The van der Waals surface area contributed by atoms with Crippen LogP contribution < -0.4 is 5.32 Å². The summed E-state index contributed by atoms with van der Waals surface area (Å²) < 4.78 is 23.8. The second kappa shape index (κ2) is 5.71. The van der Waals surface area contributed by atoms with E-state index in [1.807, 2.05) is 6.92 Å². The van der Waals surface area contributed by atoms with Crippen LogP contribution in [0.1, 0.15) is 27.2 Å². The van der Waals surface area contributed by atoms with Crippen molar-refractivity contribution in [1.82, 2.24) is 0 Å². The molecule has 0 bridgehead atoms. The number of hydrogen-bond donors (Lipinski definition) is 2. The van der Waals surface area contributed by atoms with Crippen molar-refractivity contribution in [2.45, 2.75) is 37.7 Å². The fourth-order valence-electron chi connectivity index (χ4n) is 1.45. The van der Waals surface area contributed by atoms with Crippen LogP contribution in [-0.2, 0) is 9.84 Å². The standard InChI is InChI=1S/C13H21NO3S/c1-4-13(3,15)10-14-11-8-6-7-9-12(11)18(16,17)5-2/h6-9,14-15H,4-5,10H2,1-3H3. The molecule has 1 aromatic rings. The number of anilines is 1. The molecule has 0 saturated carbocycles. The van der Waals surface area contributed by atoms with Gasteiger partial charge in [0.1, 0.15) is 0 Å². The summed E-state index contributed by atoms with van der Waals surface area (Å²) in [5, 5.41) is 12.9. The lowest BCUT2D eigenvalue weighted by Crippen LogP contribution is -2.32. The molecule has 0 spiro atoms. The first-order valence-corrected chi connectivity index (χ1v) is 7.75. The van der Waals surface area contributed by atoms with Gasteiger partial charge in [0.25, 0.3) is 0 Å². The average molecular weight is 271 g/mol. The van der Waals surface area contributed by atoms with Crippen LogP contribution in [0.4, 0.5) is 5.69 Å². The van der Waals surface area contributed by atoms with Crippen LogP contribution in [0.15, 0.2) is 29.2 Å². The minimum Gasteiger partial charge on any atom is -0.388 e. The minimum atomic E-state index is -3.25. The van der Waals surface area contributed by atoms with Gasteiger partial charge in [0.05, 0.1) is 21.9 Å². The van der Waals surface area contributed by atoms with Crippen molar-refractivity contribution >= 4 is 15.5 Å². The number of nitrogens with one attached hydrogen (secondary N) is 1. The Balaban J connectivity index is 2.98. The highest BCUT2D eigenvalue weighted by atomic mass is 32.2. The van der Waals surface area contributed by atoms with Gasteiger partial charge in [0.2, 0.25) is 0 Å². The summed E-state index contributed by atoms with van der Waals surface area (Å²) in [5.41, 5.74) is -0.295. The summed E-state index contributed by atoms with van der Waals surface area (Å²) in [6.45, 7) is 5.54. The van der Waals surface area contributed by atoms with Gasteiger partial charge >= 0.3 is 0 Å². The number of hydrogen-bond acceptors (Lipinski definition) is 4. The molecule has 1 unspecified atom stereocenters. The zero-order valence-corrected chi connectivity index (χ0v) is 11.9. The van der Waals surface area contributed by atoms with Gasteiger partial charge in [-0.05, 0) is 25.5 Å². The van der Waals surface area contributed by atoms with Gasteiger partial charge in [-0.1, -0.05) is 26.0 Å². The van der Waals surface area contributed by atoms with Crippen LogP contribution in [0.2, 0.25) is 0 Å². The lowest BCUT2D eigenvalue weighted by molar-refractivity contribution is 0.0697. The summed E-state index contributed by atoms with van der Waals surface area (Å²) in [4.78, 5) is 0.291. The van der Waals surface area contributed by atoms with E-state index in [0.717, 1.165) is 0 Å². The van der Waals surface area contributed by atoms with E-state index in [2.05, 4.69) is 5.32 Å². The van der Waals surface area contributed by atoms with Crippen molar-refractivity contribution in [2.75, 3.05) is 17.6 Å². The predicted octanol–water partition coefficient (Wildman–Crippen LogP) is 2.05. The molecule has 5 heteroatoms. The molecule has 2 N–H and O–H groups in total. The van der Waals surface area contributed by atoms with Gasteiger partial charge in [-0.3, -0.25) is 0 Å². The van der Waals surface area contributed by atoms with Crippen LogP contribution in [0, 0.1) is 0 Å². The predicted molar refractivity (Wildman–Crippen MR) is 73.6 cm³/mol. The Kier molecular flexibility index (Phi) is 4.76. The minimum absolute atomic E-state index is 0.0653. The molecule has 0 aliphatic rings. The van der Waals surface area contributed by atoms with Crippen LogP contribution >= 0.6 is 0 Å². The fourth-order valence-corrected chi connectivity index (χ4v) is 2.52. The Hall–Kier alpha value is -1.07. The first-order valence-electron chi connectivity index (χ1n) is 6.10. The molecule has 0 fully saturated rings. The summed E-state index contributed by atoms with van der Waals surface area (Å²) >= 11 is 0. The second-order valence-electron chi connectivity index (χ2n) is 4.60. The van der Waals surface area contributed by atoms with E-state index in [0.29, 0.717) is 23.5 Å². The Labute approximate surface area is 109 Å². The fraction of sp³-hybridized carbons (Fsp3) is 0.538. The Bertz CT molecular complexity index is 495. The summed E-state index contributed by atoms with van der Waals surface area (Å²) in [6, 6.07) is 6.78. The van der Waals surface area contributed by atoms with Crippen molar-refractivity contribution in [3.05, 3.63) is 24.3 Å². The lowest BCUT2D eigenvalue weighted by Gasteiger charge is -2.23. The maximum atomic E-state index is 11.9. The highest BCUT2D eigenvalue weighted by molar-refractivity contribution is 7.91. The molecule has 0 amide bonds. The van der Waals surface area contributed by atoms with Crippen molar-refractivity contribution in [1.29, 1.82) is 0 Å². The number of aliphatic hydroxyl groups is 1. The SMILES string of the molecule is CCC(C)(O)CNc1ccccc1S(=O)(=O)CC. The summed E-state index contributed by atoms with van der Waals surface area (Å²) in [7, 11) is -3.25. The normalized spacial score (nSPS) is 15.1. The molecule has 0 radical (unpaired) electrons. The van der Waals surface area contributed by atoms with E-state index in [9.17, 15) is 13.5 Å². The molecule has 18 heavy (non-hydrogen) atoms. The van der Waals surface area contributed by atoms with E-state index in [1.165, 1.54) is 0 Å². The molecule has 0 aliphatic carbocycles. The molecule has 1 aromatic carbocycles. The van der Waals surface area contributed by atoms with E-state index in [-0.39, 0.29) is 5.75 Å². The lowest BCUT2D eigenvalue weighted by atomic mass is 10.0. The first kappa shape index (κ1) is 15.0. The Morgan fingerprint density at radius 2 is 1.89 bits per heavy atom. The van der Waals surface area contributed by atoms with Crippen molar-refractivity contribution in [2.24, 2.45) is 0 Å². The summed E-state index contributed by atoms with van der Waals surface area (Å²) in [5.74, 6) is 0.0653. The van der Waals surface area contributed by atoms with E-state index >= 15 is 0 Å². The van der Waals surface area contributed by atoms with Gasteiger partial charge in [0.15, 0.2) is 9.84 Å². The third-order valence-electron chi connectivity index (χ3n) is 3.02. The van der Waals surface area contributed by atoms with Gasteiger partial charge in [-0.2, -0.15) is 0 Å². The molecule has 1 rings (SSSR count). The third-order valence-corrected chi connectivity index (χ3v) is 4.81. The van der Waals surface area contributed by atoms with Crippen LogP contribution in [0.25, 0.3) is 0 Å². The van der Waals surface area contributed by atoms with Crippen molar-refractivity contribution < 1.29 is 13.5 Å². The molecular weight excluding hydrogens is 250 g/mol. The first-order chi connectivity index (χ1) is 8.32. The van der Waals surface area contributed by atoms with Crippen molar-refractivity contribution in [3.63, 3.8) is 0 Å². The zero-order chi connectivity index (χ0) is 13.8. The van der Waals surface area contributed by atoms with E-state index < -0.39 is 15.4 Å². The molecule has 102 valence electrons. The quantitative estimate of drug-likeness (QED) is 0.831. The maximum absolute atomic E-state index is 11.9. The van der Waals surface area contributed by atoms with E-state index in [4.69, 9.17) is 0 Å². The van der Waals surface area contributed by atoms with Gasteiger partial charge in [-0.15, -0.1) is 0 Å². The van der Waals surface area contributed by atoms with E-state index in [1.54, 1.807) is 38.1 Å². The number of para-hydroxylation sites is 1. The maximum Gasteiger partial charge on any atom is 0.180 e. The largest absolute Gasteiger partial charge is 0.388 e. The van der Waals surface area contributed by atoms with Crippen molar-refractivity contribution in [3.8, 4) is 0 Å². The third kappa shape index (κ3) is 3.71. The highest BCUT2D eigenvalue weighted by Gasteiger charge is 2.20. The highest BCUT2D eigenvalue weighted by Crippen LogP contribution is 2.23.